The van der Waals surface area contributed by atoms with Gasteiger partial charge >= 0.3 is 0 Å². The highest BCUT2D eigenvalue weighted by atomic mass is 32.1. The Morgan fingerprint density at radius 1 is 1.43 bits per heavy atom. The van der Waals surface area contributed by atoms with Crippen molar-refractivity contribution < 1.29 is 4.79 Å². The molecule has 160 valence electrons. The second-order valence-corrected chi connectivity index (χ2v) is 9.70. The summed E-state index contributed by atoms with van der Waals surface area (Å²) in [5.41, 5.74) is 1.08. The summed E-state index contributed by atoms with van der Waals surface area (Å²) in [5.74, 6) is 1.77. The summed E-state index contributed by atoms with van der Waals surface area (Å²) in [7, 11) is 0. The number of hydrogen-bond acceptors (Lipinski definition) is 6. The molecule has 3 N–H and O–H groups in total. The molecule has 0 saturated heterocycles. The lowest BCUT2D eigenvalue weighted by Crippen LogP contribution is -2.26. The predicted molar refractivity (Wildman–Crippen MR) is 119 cm³/mol. The molecule has 1 unspecified atom stereocenters. The Kier molecular flexibility index (Phi) is 5.88. The minimum atomic E-state index is -0.124. The van der Waals surface area contributed by atoms with Crippen molar-refractivity contribution >= 4 is 39.7 Å². The SMILES string of the molecule is CC1CCc2c(sc3nc(CCC(=O)NCc4n[nH]c(=S)n4C(C)C)[nH]c(=O)c23)C1. The van der Waals surface area contributed by atoms with Crippen molar-refractivity contribution in [3.05, 3.63) is 37.2 Å². The van der Waals surface area contributed by atoms with E-state index < -0.39 is 0 Å². The van der Waals surface area contributed by atoms with Gasteiger partial charge in [-0.1, -0.05) is 6.92 Å². The summed E-state index contributed by atoms with van der Waals surface area (Å²) in [6.07, 6.45) is 3.69. The average Bonchev–Trinajstić information content (AvgIpc) is 3.24. The Morgan fingerprint density at radius 3 is 3.00 bits per heavy atom. The van der Waals surface area contributed by atoms with E-state index in [4.69, 9.17) is 12.2 Å². The summed E-state index contributed by atoms with van der Waals surface area (Å²) >= 11 is 6.85. The first-order valence-corrected chi connectivity index (χ1v) is 11.5. The van der Waals surface area contributed by atoms with E-state index in [1.807, 2.05) is 18.4 Å². The van der Waals surface area contributed by atoms with Crippen LogP contribution in [0, 0.1) is 10.7 Å². The Morgan fingerprint density at radius 2 is 2.23 bits per heavy atom. The predicted octanol–water partition coefficient (Wildman–Crippen LogP) is 3.19. The summed E-state index contributed by atoms with van der Waals surface area (Å²) in [4.78, 5) is 34.6. The third-order valence-corrected chi connectivity index (χ3v) is 6.98. The number of fused-ring (bicyclic) bond motifs is 3. The number of carbonyl (C=O) groups excluding carboxylic acids is 1. The number of aromatic amines is 2. The van der Waals surface area contributed by atoms with Crippen molar-refractivity contribution in [3.8, 4) is 0 Å². The van der Waals surface area contributed by atoms with E-state index >= 15 is 0 Å². The minimum Gasteiger partial charge on any atom is -0.349 e. The van der Waals surface area contributed by atoms with Gasteiger partial charge in [0, 0.05) is 23.8 Å². The topological polar surface area (TPSA) is 108 Å². The highest BCUT2D eigenvalue weighted by Gasteiger charge is 2.23. The number of amides is 1. The van der Waals surface area contributed by atoms with Crippen molar-refractivity contribution in [3.63, 3.8) is 0 Å². The van der Waals surface area contributed by atoms with Crippen LogP contribution in [0.5, 0.6) is 0 Å². The van der Waals surface area contributed by atoms with Crippen LogP contribution in [0.3, 0.4) is 0 Å². The van der Waals surface area contributed by atoms with Crippen molar-refractivity contribution in [2.24, 2.45) is 5.92 Å². The first-order valence-electron chi connectivity index (χ1n) is 10.3. The van der Waals surface area contributed by atoms with Gasteiger partial charge in [-0.05, 0) is 56.8 Å². The minimum absolute atomic E-state index is 0.0880. The zero-order chi connectivity index (χ0) is 21.4. The molecule has 1 amide bonds. The van der Waals surface area contributed by atoms with Crippen LogP contribution >= 0.6 is 23.6 Å². The van der Waals surface area contributed by atoms with E-state index in [9.17, 15) is 9.59 Å². The maximum Gasteiger partial charge on any atom is 0.259 e. The van der Waals surface area contributed by atoms with Gasteiger partial charge < -0.3 is 14.9 Å². The summed E-state index contributed by atoms with van der Waals surface area (Å²) < 4.78 is 2.42. The zero-order valence-corrected chi connectivity index (χ0v) is 19.0. The van der Waals surface area contributed by atoms with Crippen molar-refractivity contribution in [1.82, 2.24) is 30.0 Å². The van der Waals surface area contributed by atoms with Crippen LogP contribution in [0.2, 0.25) is 0 Å². The molecule has 0 fully saturated rings. The van der Waals surface area contributed by atoms with Crippen LogP contribution in [0.15, 0.2) is 4.79 Å². The summed E-state index contributed by atoms with van der Waals surface area (Å²) in [6, 6.07) is 0.156. The van der Waals surface area contributed by atoms with Crippen LogP contribution in [0.25, 0.3) is 10.2 Å². The van der Waals surface area contributed by atoms with Crippen LogP contribution in [-0.2, 0) is 30.6 Å². The van der Waals surface area contributed by atoms with Crippen LogP contribution in [-0.4, -0.2) is 30.6 Å². The zero-order valence-electron chi connectivity index (χ0n) is 17.4. The van der Waals surface area contributed by atoms with Crippen molar-refractivity contribution in [2.45, 2.75) is 65.5 Å². The molecule has 1 atom stereocenters. The number of aryl methyl sites for hydroxylation is 2. The van der Waals surface area contributed by atoms with Crippen molar-refractivity contribution in [1.29, 1.82) is 0 Å². The number of nitrogens with zero attached hydrogens (tertiary/aromatic N) is 3. The van der Waals surface area contributed by atoms with E-state index in [0.29, 0.717) is 35.3 Å². The summed E-state index contributed by atoms with van der Waals surface area (Å²) in [6.45, 7) is 6.56. The van der Waals surface area contributed by atoms with Gasteiger partial charge in [-0.2, -0.15) is 5.10 Å². The van der Waals surface area contributed by atoms with Gasteiger partial charge in [0.15, 0.2) is 10.6 Å². The normalized spacial score (nSPS) is 16.2. The molecule has 4 rings (SSSR count). The smallest absolute Gasteiger partial charge is 0.259 e. The fourth-order valence-electron chi connectivity index (χ4n) is 4.00. The van der Waals surface area contributed by atoms with Crippen LogP contribution in [0.1, 0.15) is 61.7 Å². The number of rotatable bonds is 6. The van der Waals surface area contributed by atoms with E-state index in [0.717, 1.165) is 29.5 Å². The first-order chi connectivity index (χ1) is 14.3. The second kappa shape index (κ2) is 8.43. The fourth-order valence-corrected chi connectivity index (χ4v) is 5.77. The molecule has 10 heteroatoms. The highest BCUT2D eigenvalue weighted by Crippen LogP contribution is 2.35. The maximum atomic E-state index is 12.7. The third kappa shape index (κ3) is 4.11. The van der Waals surface area contributed by atoms with Gasteiger partial charge in [0.05, 0.1) is 11.9 Å². The van der Waals surface area contributed by atoms with Gasteiger partial charge in [-0.25, -0.2) is 4.98 Å². The lowest BCUT2D eigenvalue weighted by Gasteiger charge is -2.17. The molecule has 1 aliphatic carbocycles. The lowest BCUT2D eigenvalue weighted by molar-refractivity contribution is -0.121. The maximum absolute atomic E-state index is 12.7. The standard InChI is InChI=1S/C20H26N6O2S2/c1-10(2)26-15(24-25-20(26)29)9-21-16(27)7-6-14-22-18(28)17-12-5-4-11(3)8-13(12)30-19(17)23-14/h10-11H,4-9H2,1-3H3,(H,21,27)(H,25,29)(H,22,23,28). The quantitative estimate of drug-likeness (QED) is 0.504. The molecular weight excluding hydrogens is 420 g/mol. The molecule has 0 aliphatic heterocycles. The number of hydrogen-bond donors (Lipinski definition) is 3. The average molecular weight is 447 g/mol. The van der Waals surface area contributed by atoms with Gasteiger partial charge in [0.25, 0.3) is 5.56 Å². The molecule has 3 heterocycles. The lowest BCUT2D eigenvalue weighted by atomic mass is 9.89. The molecule has 0 spiro atoms. The molecule has 0 saturated carbocycles. The molecule has 0 bridgehead atoms. The Bertz CT molecular complexity index is 1200. The first kappa shape index (κ1) is 20.9. The van der Waals surface area contributed by atoms with Gasteiger partial charge in [-0.15, -0.1) is 11.3 Å². The van der Waals surface area contributed by atoms with Gasteiger partial charge in [0.1, 0.15) is 10.7 Å². The molecule has 0 radical (unpaired) electrons. The Balaban J connectivity index is 1.42. The molecular formula is C20H26N6O2S2. The number of nitrogens with one attached hydrogen (secondary N) is 3. The van der Waals surface area contributed by atoms with E-state index in [2.05, 4.69) is 32.4 Å². The largest absolute Gasteiger partial charge is 0.349 e. The molecule has 8 nitrogen and oxygen atoms in total. The second-order valence-electron chi connectivity index (χ2n) is 8.23. The molecule has 0 aromatic carbocycles. The Labute approximate surface area is 183 Å². The highest BCUT2D eigenvalue weighted by molar-refractivity contribution is 7.71. The van der Waals surface area contributed by atoms with Crippen LogP contribution < -0.4 is 10.9 Å². The Hall–Kier alpha value is -2.33. The monoisotopic (exact) mass is 446 g/mol. The van der Waals surface area contributed by atoms with E-state index in [1.165, 1.54) is 10.4 Å². The molecule has 3 aromatic heterocycles. The number of aromatic nitrogens is 5. The number of H-pyrrole nitrogens is 2. The molecule has 3 aromatic rings. The van der Waals surface area contributed by atoms with Gasteiger partial charge in [0.2, 0.25) is 5.91 Å². The van der Waals surface area contributed by atoms with E-state index in [-0.39, 0.29) is 23.9 Å². The van der Waals surface area contributed by atoms with E-state index in [1.54, 1.807) is 11.3 Å². The van der Waals surface area contributed by atoms with Crippen LogP contribution in [0.4, 0.5) is 0 Å². The summed E-state index contributed by atoms with van der Waals surface area (Å²) in [5, 5.41) is 10.6. The number of thiophene rings is 1. The molecule has 1 aliphatic rings. The van der Waals surface area contributed by atoms with Crippen molar-refractivity contribution in [2.75, 3.05) is 0 Å². The van der Waals surface area contributed by atoms with Gasteiger partial charge in [-0.3, -0.25) is 14.7 Å². The molecule has 30 heavy (non-hydrogen) atoms. The third-order valence-electron chi connectivity index (χ3n) is 5.54. The fraction of sp³-hybridized carbons (Fsp3) is 0.550. The number of carbonyl (C=O) groups is 1.